The molecule has 0 radical (unpaired) electrons. The Bertz CT molecular complexity index is 1310. The Kier molecular flexibility index (Phi) is 5.14. The number of nitrogens with two attached hydrogens (primary N) is 1. The van der Waals surface area contributed by atoms with Crippen LogP contribution in [0.5, 0.6) is 5.75 Å². The number of primary amides is 1. The number of carbonyl (C=O) groups is 2. The molecule has 0 saturated carbocycles. The first-order valence-electron chi connectivity index (χ1n) is 11.5. The molecule has 0 aliphatic carbocycles. The third-order valence-corrected chi connectivity index (χ3v) is 6.95. The smallest absolute Gasteiger partial charge is 0.290 e. The third kappa shape index (κ3) is 3.17. The van der Waals surface area contributed by atoms with Crippen LogP contribution in [0.15, 0.2) is 12.1 Å². The van der Waals surface area contributed by atoms with Gasteiger partial charge in [-0.1, -0.05) is 13.3 Å². The predicted octanol–water partition coefficient (Wildman–Crippen LogP) is 1.35. The fraction of sp³-hybridized carbons (Fsp3) is 0.478. The van der Waals surface area contributed by atoms with Gasteiger partial charge in [0.2, 0.25) is 11.7 Å². The van der Waals surface area contributed by atoms with Crippen LogP contribution in [0.2, 0.25) is 0 Å². The van der Waals surface area contributed by atoms with Crippen LogP contribution < -0.4 is 10.5 Å². The second kappa shape index (κ2) is 7.93. The zero-order chi connectivity index (χ0) is 24.2. The zero-order valence-electron chi connectivity index (χ0n) is 19.8. The minimum Gasteiger partial charge on any atom is -0.496 e. The number of carbonyl (C=O) groups excluding carboxylic acids is 2. The average Bonchev–Trinajstić information content (AvgIpc) is 3.40. The molecule has 2 N–H and O–H groups in total. The molecule has 2 amide bonds. The molecular formula is C23H28N8O3. The van der Waals surface area contributed by atoms with Gasteiger partial charge in [0.25, 0.3) is 5.91 Å². The molecule has 34 heavy (non-hydrogen) atoms. The van der Waals surface area contributed by atoms with Crippen LogP contribution in [0.3, 0.4) is 0 Å². The number of amides is 2. The van der Waals surface area contributed by atoms with Crippen LogP contribution in [0.1, 0.15) is 48.6 Å². The highest BCUT2D eigenvalue weighted by molar-refractivity contribution is 5.99. The average molecular weight is 465 g/mol. The largest absolute Gasteiger partial charge is 0.496 e. The Balaban J connectivity index is 1.65. The van der Waals surface area contributed by atoms with E-state index in [2.05, 4.69) is 22.3 Å². The number of aromatic nitrogens is 6. The predicted molar refractivity (Wildman–Crippen MR) is 123 cm³/mol. The molecule has 11 heteroatoms. The lowest BCUT2D eigenvalue weighted by Gasteiger charge is -2.47. The van der Waals surface area contributed by atoms with Gasteiger partial charge >= 0.3 is 0 Å². The van der Waals surface area contributed by atoms with E-state index in [1.165, 1.54) is 4.80 Å². The van der Waals surface area contributed by atoms with E-state index in [1.807, 2.05) is 16.7 Å². The number of tetrazole rings is 1. The third-order valence-electron chi connectivity index (χ3n) is 6.95. The Hall–Kier alpha value is -3.76. The number of imidazole rings is 1. The number of methoxy groups -OCH3 is 1. The van der Waals surface area contributed by atoms with Crippen LogP contribution in [0.25, 0.3) is 22.6 Å². The molecule has 5 rings (SSSR count). The molecule has 2 aromatic heterocycles. The van der Waals surface area contributed by atoms with Crippen molar-refractivity contribution in [1.29, 1.82) is 0 Å². The van der Waals surface area contributed by atoms with Crippen molar-refractivity contribution in [2.45, 2.75) is 51.6 Å². The van der Waals surface area contributed by atoms with Crippen LogP contribution in [-0.2, 0) is 31.2 Å². The summed E-state index contributed by atoms with van der Waals surface area (Å²) in [7, 11) is 3.33. The molecule has 2 aliphatic rings. The number of aryl methyl sites for hydroxylation is 3. The summed E-state index contributed by atoms with van der Waals surface area (Å²) in [6.45, 7) is 4.89. The van der Waals surface area contributed by atoms with Crippen molar-refractivity contribution in [2.75, 3.05) is 13.7 Å². The van der Waals surface area contributed by atoms with Crippen LogP contribution >= 0.6 is 0 Å². The van der Waals surface area contributed by atoms with Crippen molar-refractivity contribution >= 4 is 11.8 Å². The normalized spacial score (nSPS) is 18.8. The van der Waals surface area contributed by atoms with Gasteiger partial charge < -0.3 is 19.9 Å². The van der Waals surface area contributed by atoms with Crippen molar-refractivity contribution in [3.63, 3.8) is 0 Å². The van der Waals surface area contributed by atoms with Gasteiger partial charge in [0.05, 0.1) is 31.1 Å². The topological polar surface area (TPSA) is 134 Å². The standard InChI is InChI=1S/C23H28N8O3/c1-5-6-16-18-14-12-15(19-26-28-29(3)27-19)17(34-4)11-13(14)7-9-30(18)20(25-16)21(32)31-10-8-23(31,2)22(24)33/h11-12H,5-10H2,1-4H3,(H2,24,33)/t23-/m1/s1. The highest BCUT2D eigenvalue weighted by Crippen LogP contribution is 2.41. The van der Waals surface area contributed by atoms with Gasteiger partial charge in [-0.3, -0.25) is 9.59 Å². The maximum atomic E-state index is 13.5. The summed E-state index contributed by atoms with van der Waals surface area (Å²) in [5.74, 6) is 0.732. The molecule has 4 heterocycles. The molecule has 0 bridgehead atoms. The zero-order valence-corrected chi connectivity index (χ0v) is 19.8. The Morgan fingerprint density at radius 3 is 2.62 bits per heavy atom. The Labute approximate surface area is 196 Å². The summed E-state index contributed by atoms with van der Waals surface area (Å²) in [4.78, 5) is 33.3. The summed E-state index contributed by atoms with van der Waals surface area (Å²) >= 11 is 0. The molecule has 0 spiro atoms. The van der Waals surface area contributed by atoms with Gasteiger partial charge in [0.15, 0.2) is 5.82 Å². The fourth-order valence-electron chi connectivity index (χ4n) is 4.87. The lowest BCUT2D eigenvalue weighted by molar-refractivity contribution is -0.134. The number of ether oxygens (including phenoxy) is 1. The lowest BCUT2D eigenvalue weighted by atomic mass is 9.85. The van der Waals surface area contributed by atoms with E-state index >= 15 is 0 Å². The summed E-state index contributed by atoms with van der Waals surface area (Å²) in [6.07, 6.45) is 2.87. The first-order valence-corrected chi connectivity index (χ1v) is 11.5. The molecule has 2 aliphatic heterocycles. The van der Waals surface area contributed by atoms with Crippen molar-refractivity contribution < 1.29 is 14.3 Å². The molecule has 1 atom stereocenters. The minimum absolute atomic E-state index is 0.260. The van der Waals surface area contributed by atoms with E-state index in [-0.39, 0.29) is 5.91 Å². The molecule has 11 nitrogen and oxygen atoms in total. The monoisotopic (exact) mass is 464 g/mol. The minimum atomic E-state index is -0.973. The summed E-state index contributed by atoms with van der Waals surface area (Å²) in [6, 6.07) is 4.01. The maximum Gasteiger partial charge on any atom is 0.290 e. The van der Waals surface area contributed by atoms with Crippen LogP contribution in [0, 0.1) is 0 Å². The molecular weight excluding hydrogens is 436 g/mol. The Morgan fingerprint density at radius 2 is 2.03 bits per heavy atom. The first-order chi connectivity index (χ1) is 16.3. The molecule has 1 aromatic carbocycles. The molecule has 1 saturated heterocycles. The number of fused-ring (bicyclic) bond motifs is 3. The highest BCUT2D eigenvalue weighted by atomic mass is 16.5. The quantitative estimate of drug-likeness (QED) is 0.582. The Morgan fingerprint density at radius 1 is 1.24 bits per heavy atom. The van der Waals surface area contributed by atoms with Gasteiger partial charge in [0.1, 0.15) is 11.3 Å². The summed E-state index contributed by atoms with van der Waals surface area (Å²) in [5.41, 5.74) is 9.22. The van der Waals surface area contributed by atoms with Gasteiger partial charge in [0, 0.05) is 18.7 Å². The van der Waals surface area contributed by atoms with E-state index < -0.39 is 11.4 Å². The number of hydrogen-bond acceptors (Lipinski definition) is 7. The fourth-order valence-corrected chi connectivity index (χ4v) is 4.87. The SMILES string of the molecule is CCCc1nc(C(=O)N2CC[C@]2(C)C(N)=O)n2c1-c1cc(-c3nnn(C)n3)c(OC)cc1CC2. The van der Waals surface area contributed by atoms with Crippen molar-refractivity contribution in [2.24, 2.45) is 12.8 Å². The number of hydrogen-bond donors (Lipinski definition) is 1. The molecule has 0 unspecified atom stereocenters. The number of benzene rings is 1. The lowest BCUT2D eigenvalue weighted by Crippen LogP contribution is -2.66. The molecule has 1 fully saturated rings. The number of nitrogens with zero attached hydrogens (tertiary/aromatic N) is 7. The maximum absolute atomic E-state index is 13.5. The van der Waals surface area contributed by atoms with E-state index in [0.29, 0.717) is 43.3 Å². The number of rotatable bonds is 6. The molecule has 178 valence electrons. The van der Waals surface area contributed by atoms with Gasteiger partial charge in [-0.15, -0.1) is 10.2 Å². The highest BCUT2D eigenvalue weighted by Gasteiger charge is 2.49. The van der Waals surface area contributed by atoms with E-state index in [0.717, 1.165) is 40.9 Å². The van der Waals surface area contributed by atoms with Crippen molar-refractivity contribution in [1.82, 2.24) is 34.7 Å². The van der Waals surface area contributed by atoms with Crippen molar-refractivity contribution in [3.8, 4) is 28.4 Å². The molecule has 3 aromatic rings. The summed E-state index contributed by atoms with van der Waals surface area (Å²) < 4.78 is 7.62. The van der Waals surface area contributed by atoms with Crippen LogP contribution in [-0.4, -0.2) is 65.7 Å². The van der Waals surface area contributed by atoms with E-state index in [9.17, 15) is 9.59 Å². The number of likely N-dealkylation sites (tertiary alicyclic amines) is 1. The van der Waals surface area contributed by atoms with E-state index in [4.69, 9.17) is 15.5 Å². The van der Waals surface area contributed by atoms with E-state index in [1.54, 1.807) is 26.0 Å². The second-order valence-corrected chi connectivity index (χ2v) is 9.04. The van der Waals surface area contributed by atoms with Gasteiger partial charge in [-0.05, 0) is 49.1 Å². The summed E-state index contributed by atoms with van der Waals surface area (Å²) in [5, 5.41) is 12.5. The first kappa shape index (κ1) is 22.1. The van der Waals surface area contributed by atoms with Crippen molar-refractivity contribution in [3.05, 3.63) is 29.2 Å². The van der Waals surface area contributed by atoms with Gasteiger partial charge in [-0.2, -0.15) is 4.80 Å². The van der Waals surface area contributed by atoms with Crippen LogP contribution in [0.4, 0.5) is 0 Å². The second-order valence-electron chi connectivity index (χ2n) is 9.04. The van der Waals surface area contributed by atoms with Gasteiger partial charge in [-0.25, -0.2) is 4.98 Å².